The van der Waals surface area contributed by atoms with Crippen molar-refractivity contribution in [2.45, 2.75) is 6.92 Å². The molecule has 6 heteroatoms. The van der Waals surface area contributed by atoms with Crippen molar-refractivity contribution in [1.29, 1.82) is 0 Å². The van der Waals surface area contributed by atoms with Crippen LogP contribution in [0, 0.1) is 10.7 Å². The van der Waals surface area contributed by atoms with Crippen molar-refractivity contribution in [2.24, 2.45) is 5.10 Å². The van der Waals surface area contributed by atoms with E-state index in [-0.39, 0.29) is 12.5 Å². The molecule has 0 aliphatic carbocycles. The Morgan fingerprint density at radius 2 is 2.20 bits per heavy atom. The van der Waals surface area contributed by atoms with Crippen LogP contribution in [0.5, 0.6) is 5.75 Å². The average Bonchev–Trinajstić information content (AvgIpc) is 2.83. The van der Waals surface area contributed by atoms with Crippen molar-refractivity contribution in [3.05, 3.63) is 51.5 Å². The molecule has 0 saturated carbocycles. The maximum atomic E-state index is 11.5. The SMILES string of the molecule is Cc1ccccc1OCC(=O)NN=Cc1ccc(I)o1. The Morgan fingerprint density at radius 3 is 2.90 bits per heavy atom. The van der Waals surface area contributed by atoms with E-state index >= 15 is 0 Å². The van der Waals surface area contributed by atoms with E-state index in [1.165, 1.54) is 6.21 Å². The molecular weight excluding hydrogens is 371 g/mol. The lowest BCUT2D eigenvalue weighted by Crippen LogP contribution is -2.24. The van der Waals surface area contributed by atoms with Gasteiger partial charge in [0.05, 0.1) is 6.21 Å². The number of ether oxygens (including phenoxy) is 1. The van der Waals surface area contributed by atoms with Gasteiger partial charge in [0.15, 0.2) is 10.4 Å². The molecule has 20 heavy (non-hydrogen) atoms. The number of nitrogens with one attached hydrogen (secondary N) is 1. The van der Waals surface area contributed by atoms with Gasteiger partial charge >= 0.3 is 0 Å². The Balaban J connectivity index is 1.78. The van der Waals surface area contributed by atoms with Crippen LogP contribution in [0.15, 0.2) is 45.9 Å². The molecule has 1 aromatic heterocycles. The van der Waals surface area contributed by atoms with Crippen molar-refractivity contribution in [2.75, 3.05) is 6.61 Å². The molecule has 0 radical (unpaired) electrons. The summed E-state index contributed by atoms with van der Waals surface area (Å²) in [5.41, 5.74) is 3.35. The zero-order valence-electron chi connectivity index (χ0n) is 10.8. The first-order chi connectivity index (χ1) is 9.65. The number of para-hydroxylation sites is 1. The quantitative estimate of drug-likeness (QED) is 0.490. The highest BCUT2D eigenvalue weighted by atomic mass is 127. The van der Waals surface area contributed by atoms with Gasteiger partial charge in [0.1, 0.15) is 11.5 Å². The summed E-state index contributed by atoms with van der Waals surface area (Å²) in [6.45, 7) is 1.84. The van der Waals surface area contributed by atoms with E-state index in [0.717, 1.165) is 9.33 Å². The number of carbonyl (C=O) groups excluding carboxylic acids is 1. The highest BCUT2D eigenvalue weighted by Gasteiger charge is 2.03. The number of hydrogen-bond donors (Lipinski definition) is 1. The van der Waals surface area contributed by atoms with E-state index in [1.54, 1.807) is 6.07 Å². The second-order valence-corrected chi connectivity index (χ2v) is 5.05. The van der Waals surface area contributed by atoms with Crippen molar-refractivity contribution in [1.82, 2.24) is 5.43 Å². The fourth-order valence-electron chi connectivity index (χ4n) is 1.46. The summed E-state index contributed by atoms with van der Waals surface area (Å²) in [5, 5.41) is 3.79. The first-order valence-electron chi connectivity index (χ1n) is 5.91. The average molecular weight is 384 g/mol. The molecule has 0 atom stereocenters. The summed E-state index contributed by atoms with van der Waals surface area (Å²) in [7, 11) is 0. The van der Waals surface area contributed by atoms with Gasteiger partial charge in [-0.1, -0.05) is 18.2 Å². The van der Waals surface area contributed by atoms with Gasteiger partial charge in [0.25, 0.3) is 5.91 Å². The third kappa shape index (κ3) is 4.37. The molecule has 0 saturated heterocycles. The standard InChI is InChI=1S/C14H13IN2O3/c1-10-4-2-3-5-12(10)19-9-14(18)17-16-8-11-6-7-13(15)20-11/h2-8H,9H2,1H3,(H,17,18). The lowest BCUT2D eigenvalue weighted by atomic mass is 10.2. The van der Waals surface area contributed by atoms with Crippen LogP contribution in [0.25, 0.3) is 0 Å². The molecule has 0 aliphatic heterocycles. The number of rotatable bonds is 5. The summed E-state index contributed by atoms with van der Waals surface area (Å²) in [6.07, 6.45) is 1.44. The van der Waals surface area contributed by atoms with Gasteiger partial charge in [-0.25, -0.2) is 5.43 Å². The monoisotopic (exact) mass is 384 g/mol. The molecule has 0 spiro atoms. The van der Waals surface area contributed by atoms with Gasteiger partial charge in [0.2, 0.25) is 0 Å². The lowest BCUT2D eigenvalue weighted by Gasteiger charge is -2.07. The largest absolute Gasteiger partial charge is 0.483 e. The molecule has 1 N–H and O–H groups in total. The summed E-state index contributed by atoms with van der Waals surface area (Å²) >= 11 is 2.05. The van der Waals surface area contributed by atoms with Gasteiger partial charge < -0.3 is 9.15 Å². The predicted octanol–water partition coefficient (Wildman–Crippen LogP) is 2.72. The van der Waals surface area contributed by atoms with Crippen LogP contribution in [0.4, 0.5) is 0 Å². The molecule has 0 fully saturated rings. The Kier molecular flexibility index (Phi) is 5.16. The minimum Gasteiger partial charge on any atom is -0.483 e. The zero-order chi connectivity index (χ0) is 14.4. The molecule has 1 aromatic carbocycles. The number of benzene rings is 1. The fourth-order valence-corrected chi connectivity index (χ4v) is 1.89. The number of halogens is 1. The fraction of sp³-hybridized carbons (Fsp3) is 0.143. The van der Waals surface area contributed by atoms with Crippen LogP contribution in [-0.2, 0) is 4.79 Å². The third-order valence-electron chi connectivity index (χ3n) is 2.43. The summed E-state index contributed by atoms with van der Waals surface area (Å²) in [5.74, 6) is 0.937. The number of hydrogen-bond acceptors (Lipinski definition) is 4. The molecule has 1 heterocycles. The first-order valence-corrected chi connectivity index (χ1v) is 6.98. The highest BCUT2D eigenvalue weighted by molar-refractivity contribution is 14.1. The summed E-state index contributed by atoms with van der Waals surface area (Å²) in [4.78, 5) is 11.5. The second-order valence-electron chi connectivity index (χ2n) is 3.99. The smallest absolute Gasteiger partial charge is 0.277 e. The Morgan fingerprint density at radius 1 is 1.40 bits per heavy atom. The van der Waals surface area contributed by atoms with Crippen molar-refractivity contribution in [3.8, 4) is 5.75 Å². The van der Waals surface area contributed by atoms with Gasteiger partial charge in [-0.15, -0.1) is 0 Å². The minimum absolute atomic E-state index is 0.0854. The van der Waals surface area contributed by atoms with Crippen LogP contribution in [0.2, 0.25) is 0 Å². The minimum atomic E-state index is -0.328. The van der Waals surface area contributed by atoms with Gasteiger partial charge in [-0.05, 0) is 53.3 Å². The zero-order valence-corrected chi connectivity index (χ0v) is 13.0. The number of amides is 1. The maximum Gasteiger partial charge on any atom is 0.277 e. The molecule has 104 valence electrons. The third-order valence-corrected chi connectivity index (χ3v) is 3.01. The Hall–Kier alpha value is -1.83. The van der Waals surface area contributed by atoms with Crippen LogP contribution in [-0.4, -0.2) is 18.7 Å². The Bertz CT molecular complexity index is 622. The van der Waals surface area contributed by atoms with E-state index in [1.807, 2.05) is 37.3 Å². The Labute approximate surface area is 130 Å². The number of furan rings is 1. The molecule has 2 aromatic rings. The van der Waals surface area contributed by atoms with Crippen LogP contribution >= 0.6 is 22.6 Å². The lowest BCUT2D eigenvalue weighted by molar-refractivity contribution is -0.123. The molecule has 0 aliphatic rings. The number of carbonyl (C=O) groups is 1. The van der Waals surface area contributed by atoms with Crippen LogP contribution in [0.3, 0.4) is 0 Å². The maximum absolute atomic E-state index is 11.5. The number of hydrazone groups is 1. The van der Waals surface area contributed by atoms with Crippen molar-refractivity contribution < 1.29 is 13.9 Å². The van der Waals surface area contributed by atoms with Gasteiger partial charge in [0, 0.05) is 0 Å². The number of aryl methyl sites for hydroxylation is 1. The predicted molar refractivity (Wildman–Crippen MR) is 83.8 cm³/mol. The number of nitrogens with zero attached hydrogens (tertiary/aromatic N) is 1. The highest BCUT2D eigenvalue weighted by Crippen LogP contribution is 2.15. The molecule has 0 unspecified atom stereocenters. The van der Waals surface area contributed by atoms with Crippen LogP contribution in [0.1, 0.15) is 11.3 Å². The van der Waals surface area contributed by atoms with Crippen molar-refractivity contribution in [3.63, 3.8) is 0 Å². The molecule has 1 amide bonds. The molecule has 2 rings (SSSR count). The topological polar surface area (TPSA) is 63.8 Å². The van der Waals surface area contributed by atoms with E-state index in [2.05, 4.69) is 33.1 Å². The second kappa shape index (κ2) is 7.09. The first kappa shape index (κ1) is 14.6. The molecular formula is C14H13IN2O3. The normalized spacial score (nSPS) is 10.7. The molecule has 0 bridgehead atoms. The van der Waals surface area contributed by atoms with E-state index in [9.17, 15) is 4.79 Å². The van der Waals surface area contributed by atoms with Gasteiger partial charge in [-0.3, -0.25) is 4.79 Å². The van der Waals surface area contributed by atoms with Crippen LogP contribution < -0.4 is 10.2 Å². The van der Waals surface area contributed by atoms with E-state index in [4.69, 9.17) is 9.15 Å². The molecule has 5 nitrogen and oxygen atoms in total. The van der Waals surface area contributed by atoms with Gasteiger partial charge in [-0.2, -0.15) is 5.10 Å². The van der Waals surface area contributed by atoms with E-state index in [0.29, 0.717) is 11.5 Å². The summed E-state index contributed by atoms with van der Waals surface area (Å²) < 4.78 is 11.4. The van der Waals surface area contributed by atoms with E-state index < -0.39 is 0 Å². The van der Waals surface area contributed by atoms with Crippen molar-refractivity contribution >= 4 is 34.7 Å². The summed E-state index contributed by atoms with van der Waals surface area (Å²) in [6, 6.07) is 11.1.